The molecule has 2 fully saturated rings. The summed E-state index contributed by atoms with van der Waals surface area (Å²) in [6.45, 7) is 5.94. The van der Waals surface area contributed by atoms with Gasteiger partial charge >= 0.3 is 5.97 Å². The zero-order valence-corrected chi connectivity index (χ0v) is 18.9. The third kappa shape index (κ3) is 3.62. The zero-order valence-electron chi connectivity index (χ0n) is 18.9. The molecule has 0 unspecified atom stereocenters. The lowest BCUT2D eigenvalue weighted by Gasteiger charge is -2.41. The fourth-order valence-corrected chi connectivity index (χ4v) is 5.31. The Balaban J connectivity index is 1.54. The first-order chi connectivity index (χ1) is 15.6. The fraction of sp³-hybridized carbons (Fsp3) is 0.423. The van der Waals surface area contributed by atoms with E-state index in [0.29, 0.717) is 5.56 Å². The van der Waals surface area contributed by atoms with Crippen LogP contribution in [0.25, 0.3) is 10.9 Å². The van der Waals surface area contributed by atoms with Crippen molar-refractivity contribution in [3.8, 4) is 5.75 Å². The maximum absolute atomic E-state index is 11.6. The molecular weight excluding hydrogens is 402 g/mol. The molecule has 0 bridgehead atoms. The lowest BCUT2D eigenvalue weighted by molar-refractivity contribution is 0.0696. The number of fused-ring (bicyclic) bond motifs is 1. The van der Waals surface area contributed by atoms with Crippen LogP contribution in [0.15, 0.2) is 36.5 Å². The largest absolute Gasteiger partial charge is 0.496 e. The number of nitrogens with zero attached hydrogens (tertiary/aromatic N) is 2. The number of likely N-dealkylation sites (tertiary alicyclic amines) is 1. The first-order valence-electron chi connectivity index (χ1n) is 11.6. The third-order valence-electron chi connectivity index (χ3n) is 7.14. The molecule has 1 aromatic heterocycles. The van der Waals surface area contributed by atoms with Gasteiger partial charge in [-0.3, -0.25) is 4.90 Å². The number of hydrogen-bond donors (Lipinski definition) is 2. The van der Waals surface area contributed by atoms with E-state index >= 15 is 0 Å². The summed E-state index contributed by atoms with van der Waals surface area (Å²) in [6.07, 6.45) is 6.61. The van der Waals surface area contributed by atoms with Crippen molar-refractivity contribution >= 4 is 22.6 Å². The van der Waals surface area contributed by atoms with E-state index in [4.69, 9.17) is 4.74 Å². The normalized spacial score (nSPS) is 19.2. The van der Waals surface area contributed by atoms with Gasteiger partial charge in [-0.05, 0) is 68.1 Å². The zero-order chi connectivity index (χ0) is 22.2. The molecule has 2 aliphatic rings. The number of hydrogen-bond acceptors (Lipinski definition) is 4. The van der Waals surface area contributed by atoms with Gasteiger partial charge in [-0.2, -0.15) is 0 Å². The van der Waals surface area contributed by atoms with Crippen LogP contribution in [0.2, 0.25) is 0 Å². The van der Waals surface area contributed by atoms with Gasteiger partial charge in [-0.15, -0.1) is 0 Å². The van der Waals surface area contributed by atoms with Gasteiger partial charge in [0.05, 0.1) is 12.7 Å². The van der Waals surface area contributed by atoms with E-state index < -0.39 is 5.97 Å². The standard InChI is InChI=1S/C26H31N3O3/c1-17-14-24(32-2)21(19-9-10-27-25(17)19)16-29-11-4-3-6-22(29)20-8-7-18(26(30)31)15-23(20)28-12-5-13-28/h7-10,14-15,22,27H,3-6,11-13,16H2,1-2H3,(H,30,31)/t22-/m1/s1. The number of aryl methyl sites for hydroxylation is 1. The molecule has 2 aromatic carbocycles. The molecule has 0 radical (unpaired) electrons. The molecule has 2 N–H and O–H groups in total. The van der Waals surface area contributed by atoms with E-state index in [9.17, 15) is 9.90 Å². The number of carbonyl (C=O) groups is 1. The van der Waals surface area contributed by atoms with E-state index in [2.05, 4.69) is 39.9 Å². The minimum atomic E-state index is -0.863. The van der Waals surface area contributed by atoms with Gasteiger partial charge in [-0.25, -0.2) is 4.79 Å². The second-order valence-electron chi connectivity index (χ2n) is 9.04. The van der Waals surface area contributed by atoms with Gasteiger partial charge in [0.1, 0.15) is 5.75 Å². The Morgan fingerprint density at radius 1 is 1.16 bits per heavy atom. The lowest BCUT2D eigenvalue weighted by Crippen LogP contribution is -2.40. The first kappa shape index (κ1) is 20.9. The molecule has 3 heterocycles. The Kier molecular flexibility index (Phi) is 5.55. The van der Waals surface area contributed by atoms with Crippen molar-refractivity contribution in [3.05, 3.63) is 58.8 Å². The second kappa shape index (κ2) is 8.51. The quantitative estimate of drug-likeness (QED) is 0.565. The molecule has 2 saturated heterocycles. The minimum Gasteiger partial charge on any atom is -0.496 e. The summed E-state index contributed by atoms with van der Waals surface area (Å²) in [4.78, 5) is 19.9. The minimum absolute atomic E-state index is 0.266. The molecule has 5 rings (SSSR count). The number of aromatic amines is 1. The Morgan fingerprint density at radius 3 is 2.72 bits per heavy atom. The lowest BCUT2D eigenvalue weighted by atomic mass is 9.91. The number of ether oxygens (including phenoxy) is 1. The van der Waals surface area contributed by atoms with Crippen molar-refractivity contribution in [2.24, 2.45) is 0 Å². The molecule has 3 aromatic rings. The number of aromatic carboxylic acids is 1. The van der Waals surface area contributed by atoms with Crippen molar-refractivity contribution in [1.82, 2.24) is 9.88 Å². The smallest absolute Gasteiger partial charge is 0.335 e. The fourth-order valence-electron chi connectivity index (χ4n) is 5.31. The average Bonchev–Trinajstić information content (AvgIpc) is 3.25. The van der Waals surface area contributed by atoms with Crippen LogP contribution in [0.3, 0.4) is 0 Å². The Morgan fingerprint density at radius 2 is 2.00 bits per heavy atom. The number of anilines is 1. The molecule has 6 nitrogen and oxygen atoms in total. The third-order valence-corrected chi connectivity index (χ3v) is 7.14. The van der Waals surface area contributed by atoms with E-state index in [1.54, 1.807) is 13.2 Å². The molecule has 0 aliphatic carbocycles. The highest BCUT2D eigenvalue weighted by molar-refractivity contribution is 5.89. The summed E-state index contributed by atoms with van der Waals surface area (Å²) >= 11 is 0. The van der Waals surface area contributed by atoms with E-state index in [1.807, 2.05) is 12.3 Å². The molecular formula is C26H31N3O3. The number of aromatic nitrogens is 1. The number of piperidine rings is 1. The maximum Gasteiger partial charge on any atom is 0.335 e. The van der Waals surface area contributed by atoms with Crippen LogP contribution in [0.1, 0.15) is 58.8 Å². The highest BCUT2D eigenvalue weighted by Gasteiger charge is 2.30. The summed E-state index contributed by atoms with van der Waals surface area (Å²) in [5, 5.41) is 10.8. The second-order valence-corrected chi connectivity index (χ2v) is 9.04. The number of nitrogens with one attached hydrogen (secondary N) is 1. The Hall–Kier alpha value is -2.99. The summed E-state index contributed by atoms with van der Waals surface area (Å²) < 4.78 is 5.80. The van der Waals surface area contributed by atoms with Crippen LogP contribution in [-0.2, 0) is 6.54 Å². The van der Waals surface area contributed by atoms with Gasteiger partial charge in [0.2, 0.25) is 0 Å². The molecule has 32 heavy (non-hydrogen) atoms. The summed E-state index contributed by atoms with van der Waals surface area (Å²) in [6, 6.07) is 10.2. The van der Waals surface area contributed by atoms with Gasteiger partial charge in [0, 0.05) is 54.0 Å². The van der Waals surface area contributed by atoms with Crippen molar-refractivity contribution in [3.63, 3.8) is 0 Å². The maximum atomic E-state index is 11.6. The first-order valence-corrected chi connectivity index (χ1v) is 11.6. The Labute approximate surface area is 188 Å². The van der Waals surface area contributed by atoms with Crippen molar-refractivity contribution in [2.45, 2.75) is 45.2 Å². The molecule has 0 saturated carbocycles. The number of carboxylic acid groups (broad SMARTS) is 1. The number of benzene rings is 2. The van der Waals surface area contributed by atoms with Gasteiger partial charge in [0.15, 0.2) is 0 Å². The summed E-state index contributed by atoms with van der Waals surface area (Å²) in [5.74, 6) is 0.0705. The van der Waals surface area contributed by atoms with Crippen molar-refractivity contribution < 1.29 is 14.6 Å². The number of carboxylic acids is 1. The highest BCUT2D eigenvalue weighted by Crippen LogP contribution is 2.41. The van der Waals surface area contributed by atoms with Crippen LogP contribution in [0.5, 0.6) is 5.75 Å². The van der Waals surface area contributed by atoms with Gasteiger partial charge in [0.25, 0.3) is 0 Å². The van der Waals surface area contributed by atoms with Crippen LogP contribution in [0.4, 0.5) is 5.69 Å². The van der Waals surface area contributed by atoms with E-state index in [0.717, 1.165) is 50.5 Å². The predicted molar refractivity (Wildman–Crippen MR) is 127 cm³/mol. The van der Waals surface area contributed by atoms with E-state index in [-0.39, 0.29) is 6.04 Å². The number of H-pyrrole nitrogens is 1. The molecule has 0 amide bonds. The molecule has 168 valence electrons. The van der Waals surface area contributed by atoms with E-state index in [1.165, 1.54) is 40.4 Å². The SMILES string of the molecule is COc1cc(C)c2[nH]ccc2c1CN1CCCC[C@@H]1c1ccc(C(=O)O)cc1N1CCC1. The Bertz CT molecular complexity index is 1150. The molecule has 6 heteroatoms. The summed E-state index contributed by atoms with van der Waals surface area (Å²) in [7, 11) is 1.75. The predicted octanol–water partition coefficient (Wildman–Crippen LogP) is 5.12. The molecule has 0 spiro atoms. The number of rotatable bonds is 6. The van der Waals surface area contributed by atoms with Crippen LogP contribution in [-0.4, -0.2) is 47.7 Å². The van der Waals surface area contributed by atoms with Crippen LogP contribution >= 0.6 is 0 Å². The number of methoxy groups -OCH3 is 1. The van der Waals surface area contributed by atoms with Crippen molar-refractivity contribution in [2.75, 3.05) is 31.6 Å². The van der Waals surface area contributed by atoms with Gasteiger partial charge < -0.3 is 19.7 Å². The average molecular weight is 434 g/mol. The topological polar surface area (TPSA) is 68.8 Å². The molecule has 1 atom stereocenters. The van der Waals surface area contributed by atoms with Crippen LogP contribution in [0, 0.1) is 6.92 Å². The molecule has 2 aliphatic heterocycles. The highest BCUT2D eigenvalue weighted by atomic mass is 16.5. The van der Waals surface area contributed by atoms with Crippen LogP contribution < -0.4 is 9.64 Å². The summed E-state index contributed by atoms with van der Waals surface area (Å²) in [5.41, 5.74) is 6.29. The monoisotopic (exact) mass is 433 g/mol. The van der Waals surface area contributed by atoms with Crippen molar-refractivity contribution in [1.29, 1.82) is 0 Å². The van der Waals surface area contributed by atoms with Gasteiger partial charge in [-0.1, -0.05) is 12.5 Å².